The van der Waals surface area contributed by atoms with Crippen LogP contribution in [0.25, 0.3) is 0 Å². The second kappa shape index (κ2) is 5.72. The monoisotopic (exact) mass is 244 g/mol. The summed E-state index contributed by atoms with van der Waals surface area (Å²) in [7, 11) is 0. The predicted octanol–water partition coefficient (Wildman–Crippen LogP) is 2.19. The van der Waals surface area contributed by atoms with Crippen LogP contribution in [0.5, 0.6) is 5.75 Å². The number of carbonyl (C=O) groups is 1. The van der Waals surface area contributed by atoms with E-state index in [0.717, 1.165) is 0 Å². The number of halogens is 1. The summed E-state index contributed by atoms with van der Waals surface area (Å²) in [6.45, 7) is 1.86. The molecule has 0 saturated carbocycles. The maximum Gasteiger partial charge on any atom is 0.341 e. The predicted molar refractivity (Wildman–Crippen MR) is 60.2 cm³/mol. The number of hydrogen-bond acceptors (Lipinski definition) is 3. The summed E-state index contributed by atoms with van der Waals surface area (Å²) in [5.74, 6) is -0.973. The summed E-state index contributed by atoms with van der Waals surface area (Å²) in [6, 6.07) is 4.59. The first-order valence-electron chi connectivity index (χ1n) is 4.89. The van der Waals surface area contributed by atoms with Crippen molar-refractivity contribution >= 4 is 17.6 Å². The fourth-order valence-corrected chi connectivity index (χ4v) is 1.38. The van der Waals surface area contributed by atoms with Gasteiger partial charge in [-0.05, 0) is 18.6 Å². The Morgan fingerprint density at radius 3 is 2.81 bits per heavy atom. The van der Waals surface area contributed by atoms with E-state index in [2.05, 4.69) is 0 Å². The molecular formula is C11H13ClO4. The number of benzene rings is 1. The molecule has 0 heterocycles. The highest BCUT2D eigenvalue weighted by Gasteiger charge is 2.16. The minimum Gasteiger partial charge on any atom is -0.490 e. The number of carboxylic acids is 1. The van der Waals surface area contributed by atoms with Crippen LogP contribution in [0.15, 0.2) is 18.2 Å². The largest absolute Gasteiger partial charge is 0.490 e. The molecule has 1 unspecified atom stereocenters. The van der Waals surface area contributed by atoms with Crippen LogP contribution in [-0.4, -0.2) is 28.9 Å². The van der Waals surface area contributed by atoms with Crippen molar-refractivity contribution in [1.82, 2.24) is 0 Å². The van der Waals surface area contributed by atoms with Crippen LogP contribution in [-0.2, 0) is 0 Å². The van der Waals surface area contributed by atoms with Gasteiger partial charge in [-0.15, -0.1) is 0 Å². The molecule has 0 aliphatic heterocycles. The quantitative estimate of drug-likeness (QED) is 0.833. The van der Waals surface area contributed by atoms with Gasteiger partial charge in [-0.25, -0.2) is 4.79 Å². The lowest BCUT2D eigenvalue weighted by molar-refractivity contribution is 0.0682. The standard InChI is InChI=1S/C11H13ClO4/c1-2-7(13)6-16-9-5-3-4-8(12)10(9)11(14)15/h3-5,7,13H,2,6H2,1H3,(H,14,15). The van der Waals surface area contributed by atoms with Gasteiger partial charge in [0.15, 0.2) is 0 Å². The van der Waals surface area contributed by atoms with Gasteiger partial charge in [-0.1, -0.05) is 24.6 Å². The molecule has 0 bridgehead atoms. The molecule has 0 spiro atoms. The average molecular weight is 245 g/mol. The molecule has 5 heteroatoms. The lowest BCUT2D eigenvalue weighted by Crippen LogP contribution is -2.17. The molecule has 0 amide bonds. The zero-order valence-corrected chi connectivity index (χ0v) is 9.57. The van der Waals surface area contributed by atoms with Crippen molar-refractivity contribution in [3.05, 3.63) is 28.8 Å². The number of aromatic carboxylic acids is 1. The van der Waals surface area contributed by atoms with Gasteiger partial charge in [-0.3, -0.25) is 0 Å². The Morgan fingerprint density at radius 2 is 2.25 bits per heavy atom. The molecule has 0 fully saturated rings. The average Bonchev–Trinajstić information content (AvgIpc) is 2.25. The van der Waals surface area contributed by atoms with Crippen molar-refractivity contribution in [1.29, 1.82) is 0 Å². The molecule has 16 heavy (non-hydrogen) atoms. The molecule has 0 aliphatic carbocycles. The van der Waals surface area contributed by atoms with Gasteiger partial charge in [0.05, 0.1) is 11.1 Å². The zero-order chi connectivity index (χ0) is 12.1. The SMILES string of the molecule is CCC(O)COc1cccc(Cl)c1C(=O)O. The van der Waals surface area contributed by atoms with Gasteiger partial charge in [0, 0.05) is 0 Å². The van der Waals surface area contributed by atoms with Gasteiger partial charge in [-0.2, -0.15) is 0 Å². The molecular weight excluding hydrogens is 232 g/mol. The Balaban J connectivity index is 2.87. The molecule has 1 atom stereocenters. The molecule has 0 aromatic heterocycles. The topological polar surface area (TPSA) is 66.8 Å². The van der Waals surface area contributed by atoms with Crippen molar-refractivity contribution in [2.75, 3.05) is 6.61 Å². The van der Waals surface area contributed by atoms with E-state index in [9.17, 15) is 9.90 Å². The van der Waals surface area contributed by atoms with E-state index in [4.69, 9.17) is 21.4 Å². The van der Waals surface area contributed by atoms with Crippen LogP contribution in [0.1, 0.15) is 23.7 Å². The summed E-state index contributed by atoms with van der Waals surface area (Å²) >= 11 is 5.75. The number of rotatable bonds is 5. The molecule has 0 saturated heterocycles. The van der Waals surface area contributed by atoms with E-state index in [1.54, 1.807) is 6.07 Å². The smallest absolute Gasteiger partial charge is 0.341 e. The molecule has 1 aromatic carbocycles. The fraction of sp³-hybridized carbons (Fsp3) is 0.364. The van der Waals surface area contributed by atoms with E-state index < -0.39 is 12.1 Å². The molecule has 4 nitrogen and oxygen atoms in total. The van der Waals surface area contributed by atoms with E-state index in [1.807, 2.05) is 6.92 Å². The molecule has 0 radical (unpaired) electrons. The van der Waals surface area contributed by atoms with Gasteiger partial charge >= 0.3 is 5.97 Å². The molecule has 88 valence electrons. The van der Waals surface area contributed by atoms with Crippen molar-refractivity contribution in [2.45, 2.75) is 19.4 Å². The van der Waals surface area contributed by atoms with Crippen LogP contribution in [0.2, 0.25) is 5.02 Å². The fourth-order valence-electron chi connectivity index (χ4n) is 1.14. The van der Waals surface area contributed by atoms with Gasteiger partial charge < -0.3 is 14.9 Å². The van der Waals surface area contributed by atoms with Gasteiger partial charge in [0.1, 0.15) is 17.9 Å². The van der Waals surface area contributed by atoms with Crippen LogP contribution < -0.4 is 4.74 Å². The normalized spacial score (nSPS) is 12.2. The third-order valence-corrected chi connectivity index (χ3v) is 2.41. The molecule has 1 aromatic rings. The summed E-state index contributed by atoms with van der Waals surface area (Å²) in [6.07, 6.45) is -0.0659. The summed E-state index contributed by atoms with van der Waals surface area (Å²) < 4.78 is 5.22. The number of carboxylic acid groups (broad SMARTS) is 1. The summed E-state index contributed by atoms with van der Waals surface area (Å²) in [5, 5.41) is 18.4. The Hall–Kier alpha value is -1.26. The molecule has 2 N–H and O–H groups in total. The zero-order valence-electron chi connectivity index (χ0n) is 8.81. The molecule has 1 rings (SSSR count). The van der Waals surface area contributed by atoms with Crippen LogP contribution in [0.4, 0.5) is 0 Å². The first-order chi connectivity index (χ1) is 7.56. The first-order valence-corrected chi connectivity index (χ1v) is 5.26. The van der Waals surface area contributed by atoms with E-state index >= 15 is 0 Å². The number of aliphatic hydroxyl groups excluding tert-OH is 1. The molecule has 0 aliphatic rings. The highest BCUT2D eigenvalue weighted by Crippen LogP contribution is 2.26. The third kappa shape index (κ3) is 3.12. The number of ether oxygens (including phenoxy) is 1. The lowest BCUT2D eigenvalue weighted by atomic mass is 10.2. The minimum atomic E-state index is -1.15. The van der Waals surface area contributed by atoms with E-state index in [1.165, 1.54) is 12.1 Å². The van der Waals surface area contributed by atoms with Gasteiger partial charge in [0.25, 0.3) is 0 Å². The van der Waals surface area contributed by atoms with E-state index in [0.29, 0.717) is 6.42 Å². The summed E-state index contributed by atoms with van der Waals surface area (Å²) in [5.41, 5.74) is -0.0764. The highest BCUT2D eigenvalue weighted by molar-refractivity contribution is 6.33. The Morgan fingerprint density at radius 1 is 1.56 bits per heavy atom. The maximum atomic E-state index is 10.9. The highest BCUT2D eigenvalue weighted by atomic mass is 35.5. The lowest BCUT2D eigenvalue weighted by Gasteiger charge is -2.12. The maximum absolute atomic E-state index is 10.9. The number of aliphatic hydroxyl groups is 1. The summed E-state index contributed by atoms with van der Waals surface area (Å²) in [4.78, 5) is 10.9. The Labute approximate surface area is 98.4 Å². The van der Waals surface area contributed by atoms with Crippen LogP contribution in [0, 0.1) is 0 Å². The minimum absolute atomic E-state index is 0.0527. The second-order valence-electron chi connectivity index (χ2n) is 3.29. The number of hydrogen-bond donors (Lipinski definition) is 2. The van der Waals surface area contributed by atoms with Crippen molar-refractivity contribution in [2.24, 2.45) is 0 Å². The Kier molecular flexibility index (Phi) is 4.58. The Bertz CT molecular complexity index is 378. The first kappa shape index (κ1) is 12.8. The van der Waals surface area contributed by atoms with Crippen molar-refractivity contribution in [3.63, 3.8) is 0 Å². The van der Waals surface area contributed by atoms with Crippen LogP contribution in [0.3, 0.4) is 0 Å². The van der Waals surface area contributed by atoms with Crippen molar-refractivity contribution in [3.8, 4) is 5.75 Å². The van der Waals surface area contributed by atoms with Gasteiger partial charge in [0.2, 0.25) is 0 Å². The van der Waals surface area contributed by atoms with Crippen molar-refractivity contribution < 1.29 is 19.7 Å². The third-order valence-electron chi connectivity index (χ3n) is 2.09. The van der Waals surface area contributed by atoms with Crippen LogP contribution >= 0.6 is 11.6 Å². The van der Waals surface area contributed by atoms with E-state index in [-0.39, 0.29) is 22.9 Å². The second-order valence-corrected chi connectivity index (χ2v) is 3.70.